The van der Waals surface area contributed by atoms with Crippen molar-refractivity contribution in [3.63, 3.8) is 0 Å². The van der Waals surface area contributed by atoms with Crippen LogP contribution in [0.5, 0.6) is 11.5 Å². The van der Waals surface area contributed by atoms with Gasteiger partial charge < -0.3 is 4.74 Å². The minimum absolute atomic E-state index is 0.147. The highest BCUT2D eigenvalue weighted by Crippen LogP contribution is 2.23. The number of unbranched alkanes of at least 4 members (excludes halogenated alkanes) is 2. The Labute approximate surface area is 131 Å². The second-order valence-corrected chi connectivity index (χ2v) is 6.57. The number of aryl methyl sites for hydroxylation is 1. The molecule has 0 saturated heterocycles. The van der Waals surface area contributed by atoms with Gasteiger partial charge in [-0.25, -0.2) is 0 Å². The highest BCUT2D eigenvalue weighted by Gasteiger charge is 2.08. The quantitative estimate of drug-likeness (QED) is 0.604. The van der Waals surface area contributed by atoms with E-state index < -0.39 is 10.1 Å². The molecule has 0 aromatic heterocycles. The molecule has 4 nitrogen and oxygen atoms in total. The first-order valence-electron chi connectivity index (χ1n) is 7.33. The first-order chi connectivity index (χ1) is 10.5. The third-order valence-corrected chi connectivity index (χ3v) is 4.22. The Bertz CT molecular complexity index is 688. The first-order valence-corrected chi connectivity index (χ1v) is 8.77. The van der Waals surface area contributed by atoms with Crippen molar-refractivity contribution in [3.05, 3.63) is 54.1 Å². The second-order valence-electron chi connectivity index (χ2n) is 5.15. The van der Waals surface area contributed by atoms with E-state index in [1.807, 2.05) is 24.3 Å². The highest BCUT2D eigenvalue weighted by atomic mass is 32.2. The van der Waals surface area contributed by atoms with Crippen molar-refractivity contribution in [1.29, 1.82) is 0 Å². The zero-order chi connectivity index (χ0) is 16.0. The molecule has 0 spiro atoms. The maximum Gasteiger partial charge on any atom is 0.294 e. The van der Waals surface area contributed by atoms with Gasteiger partial charge in [-0.1, -0.05) is 31.9 Å². The smallest absolute Gasteiger partial charge is 0.294 e. The summed E-state index contributed by atoms with van der Waals surface area (Å²) in [5, 5.41) is 0. The third-order valence-electron chi connectivity index (χ3n) is 3.35. The van der Waals surface area contributed by atoms with E-state index in [9.17, 15) is 8.42 Å². The lowest BCUT2D eigenvalue weighted by atomic mass is 10.1. The number of hydrogen-bond acceptors (Lipinski definition) is 3. The molecule has 2 aromatic rings. The van der Waals surface area contributed by atoms with Crippen LogP contribution in [-0.2, 0) is 16.5 Å². The molecule has 0 fully saturated rings. The van der Waals surface area contributed by atoms with Crippen LogP contribution in [0, 0.1) is 0 Å². The van der Waals surface area contributed by atoms with Gasteiger partial charge in [0, 0.05) is 0 Å². The zero-order valence-corrected chi connectivity index (χ0v) is 13.3. The van der Waals surface area contributed by atoms with Gasteiger partial charge in [0.15, 0.2) is 0 Å². The molecule has 22 heavy (non-hydrogen) atoms. The molecule has 0 atom stereocenters. The van der Waals surface area contributed by atoms with E-state index >= 15 is 0 Å². The van der Waals surface area contributed by atoms with Crippen LogP contribution in [0.25, 0.3) is 0 Å². The number of hydrogen-bond donors (Lipinski definition) is 1. The molecule has 0 aliphatic rings. The Morgan fingerprint density at radius 3 is 1.95 bits per heavy atom. The van der Waals surface area contributed by atoms with Crippen LogP contribution in [0.15, 0.2) is 53.4 Å². The summed E-state index contributed by atoms with van der Waals surface area (Å²) in [5.74, 6) is 1.21. The molecular formula is C17H20O4S. The third kappa shape index (κ3) is 4.86. The van der Waals surface area contributed by atoms with Crippen molar-refractivity contribution in [2.24, 2.45) is 0 Å². The van der Waals surface area contributed by atoms with Gasteiger partial charge in [0.2, 0.25) is 0 Å². The van der Waals surface area contributed by atoms with Gasteiger partial charge in [-0.05, 0) is 54.8 Å². The Kier molecular flexibility index (Phi) is 5.57. The predicted octanol–water partition coefficient (Wildman–Crippen LogP) is 4.46. The van der Waals surface area contributed by atoms with E-state index in [0.29, 0.717) is 11.5 Å². The van der Waals surface area contributed by atoms with Gasteiger partial charge in [0.05, 0.1) is 4.90 Å². The van der Waals surface area contributed by atoms with Crippen molar-refractivity contribution < 1.29 is 17.7 Å². The lowest BCUT2D eigenvalue weighted by molar-refractivity contribution is 0.478. The normalized spacial score (nSPS) is 11.4. The molecule has 0 bridgehead atoms. The topological polar surface area (TPSA) is 63.6 Å². The monoisotopic (exact) mass is 320 g/mol. The molecular weight excluding hydrogens is 300 g/mol. The van der Waals surface area contributed by atoms with E-state index in [0.717, 1.165) is 6.42 Å². The van der Waals surface area contributed by atoms with Crippen molar-refractivity contribution in [1.82, 2.24) is 0 Å². The molecule has 0 unspecified atom stereocenters. The molecule has 0 heterocycles. The molecule has 2 rings (SSSR count). The summed E-state index contributed by atoms with van der Waals surface area (Å²) in [6.07, 6.45) is 4.70. The molecule has 0 aliphatic heterocycles. The van der Waals surface area contributed by atoms with Gasteiger partial charge in [-0.3, -0.25) is 4.55 Å². The molecule has 0 radical (unpaired) electrons. The molecule has 0 aliphatic carbocycles. The maximum atomic E-state index is 11.0. The van der Waals surface area contributed by atoms with E-state index in [1.54, 1.807) is 0 Å². The molecule has 0 amide bonds. The molecule has 2 aromatic carbocycles. The van der Waals surface area contributed by atoms with E-state index in [-0.39, 0.29) is 4.90 Å². The standard InChI is InChI=1S/C17H20O4S/c1-2-3-4-5-14-6-8-15(9-7-14)21-16-10-12-17(13-11-16)22(18,19)20/h6-13H,2-5H2,1H3,(H,18,19,20). The highest BCUT2D eigenvalue weighted by molar-refractivity contribution is 7.85. The van der Waals surface area contributed by atoms with Crippen LogP contribution in [0.3, 0.4) is 0 Å². The summed E-state index contributed by atoms with van der Waals surface area (Å²) in [6.45, 7) is 2.18. The Morgan fingerprint density at radius 2 is 1.45 bits per heavy atom. The summed E-state index contributed by atoms with van der Waals surface area (Å²) in [7, 11) is -4.16. The van der Waals surface area contributed by atoms with Gasteiger partial charge in [0.1, 0.15) is 11.5 Å². The first kappa shape index (κ1) is 16.5. The van der Waals surface area contributed by atoms with E-state index in [4.69, 9.17) is 9.29 Å². The number of benzene rings is 2. The zero-order valence-electron chi connectivity index (χ0n) is 12.5. The molecule has 118 valence electrons. The van der Waals surface area contributed by atoms with Crippen LogP contribution in [-0.4, -0.2) is 13.0 Å². The fourth-order valence-electron chi connectivity index (χ4n) is 2.12. The van der Waals surface area contributed by atoms with E-state index in [1.165, 1.54) is 49.1 Å². The average molecular weight is 320 g/mol. The second kappa shape index (κ2) is 7.42. The van der Waals surface area contributed by atoms with Crippen LogP contribution in [0.2, 0.25) is 0 Å². The average Bonchev–Trinajstić information content (AvgIpc) is 2.49. The van der Waals surface area contributed by atoms with Gasteiger partial charge >= 0.3 is 0 Å². The van der Waals surface area contributed by atoms with Gasteiger partial charge in [-0.2, -0.15) is 8.42 Å². The Morgan fingerprint density at radius 1 is 0.909 bits per heavy atom. The molecule has 0 saturated carbocycles. The largest absolute Gasteiger partial charge is 0.457 e. The summed E-state index contributed by atoms with van der Waals surface area (Å²) >= 11 is 0. The summed E-state index contributed by atoms with van der Waals surface area (Å²) in [4.78, 5) is -0.147. The maximum absolute atomic E-state index is 11.0. The fraction of sp³-hybridized carbons (Fsp3) is 0.294. The summed E-state index contributed by atoms with van der Waals surface area (Å²) < 4.78 is 36.5. The van der Waals surface area contributed by atoms with Crippen LogP contribution < -0.4 is 4.74 Å². The number of rotatable bonds is 7. The van der Waals surface area contributed by atoms with Crippen LogP contribution in [0.1, 0.15) is 31.7 Å². The lowest BCUT2D eigenvalue weighted by Crippen LogP contribution is -1.97. The summed E-state index contributed by atoms with van der Waals surface area (Å²) in [5.41, 5.74) is 1.28. The van der Waals surface area contributed by atoms with Crippen molar-refractivity contribution >= 4 is 10.1 Å². The van der Waals surface area contributed by atoms with Gasteiger partial charge in [-0.15, -0.1) is 0 Å². The minimum Gasteiger partial charge on any atom is -0.457 e. The lowest BCUT2D eigenvalue weighted by Gasteiger charge is -2.07. The minimum atomic E-state index is -4.16. The SMILES string of the molecule is CCCCCc1ccc(Oc2ccc(S(=O)(=O)O)cc2)cc1. The van der Waals surface area contributed by atoms with E-state index in [2.05, 4.69) is 6.92 Å². The van der Waals surface area contributed by atoms with Crippen molar-refractivity contribution in [2.45, 2.75) is 37.5 Å². The molecule has 5 heteroatoms. The predicted molar refractivity (Wildman–Crippen MR) is 86.0 cm³/mol. The van der Waals surface area contributed by atoms with Crippen molar-refractivity contribution in [3.8, 4) is 11.5 Å². The molecule has 1 N–H and O–H groups in total. The fourth-order valence-corrected chi connectivity index (χ4v) is 2.60. The van der Waals surface area contributed by atoms with Crippen LogP contribution in [0.4, 0.5) is 0 Å². The number of ether oxygens (including phenoxy) is 1. The Hall–Kier alpha value is -1.85. The Balaban J connectivity index is 1.98. The summed E-state index contributed by atoms with van der Waals surface area (Å²) in [6, 6.07) is 13.5. The van der Waals surface area contributed by atoms with Crippen molar-refractivity contribution in [2.75, 3.05) is 0 Å². The van der Waals surface area contributed by atoms with Gasteiger partial charge in [0.25, 0.3) is 10.1 Å². The van der Waals surface area contributed by atoms with Crippen LogP contribution >= 0.6 is 0 Å².